The van der Waals surface area contributed by atoms with Crippen LogP contribution in [-0.2, 0) is 11.3 Å². The number of ether oxygens (including phenoxy) is 1. The van der Waals surface area contributed by atoms with Crippen LogP contribution in [0.25, 0.3) is 0 Å². The summed E-state index contributed by atoms with van der Waals surface area (Å²) in [5.74, 6) is 0.383. The maximum absolute atomic E-state index is 12.4. The predicted molar refractivity (Wildman–Crippen MR) is 77.2 cm³/mol. The molecule has 0 saturated carbocycles. The molecule has 1 aromatic rings. The molecule has 1 unspecified atom stereocenters. The molecule has 0 bridgehead atoms. The number of carboxylic acids is 1. The molecular formula is C13H14ClF2NO3S. The van der Waals surface area contributed by atoms with Gasteiger partial charge in [0.25, 0.3) is 0 Å². The van der Waals surface area contributed by atoms with E-state index in [9.17, 15) is 18.7 Å². The van der Waals surface area contributed by atoms with Gasteiger partial charge in [0.05, 0.1) is 0 Å². The lowest BCUT2D eigenvalue weighted by atomic mass is 10.1. The van der Waals surface area contributed by atoms with Crippen LogP contribution in [0.15, 0.2) is 18.2 Å². The summed E-state index contributed by atoms with van der Waals surface area (Å²) in [7, 11) is 0. The predicted octanol–water partition coefficient (Wildman–Crippen LogP) is 2.94. The highest BCUT2D eigenvalue weighted by atomic mass is 35.5. The van der Waals surface area contributed by atoms with Crippen molar-refractivity contribution in [3.63, 3.8) is 0 Å². The van der Waals surface area contributed by atoms with Gasteiger partial charge in [0, 0.05) is 35.2 Å². The van der Waals surface area contributed by atoms with Gasteiger partial charge in [0.2, 0.25) is 0 Å². The lowest BCUT2D eigenvalue weighted by molar-refractivity contribution is -0.142. The highest BCUT2D eigenvalue weighted by molar-refractivity contribution is 7.99. The number of rotatable bonds is 5. The zero-order valence-electron chi connectivity index (χ0n) is 11.0. The zero-order chi connectivity index (χ0) is 15.4. The van der Waals surface area contributed by atoms with Gasteiger partial charge in [-0.15, -0.1) is 0 Å². The summed E-state index contributed by atoms with van der Waals surface area (Å²) in [6.07, 6.45) is 0. The summed E-state index contributed by atoms with van der Waals surface area (Å²) in [4.78, 5) is 13.0. The SMILES string of the molecule is O=C(O)C1CSCCN1Cc1cc(Cl)ccc1OC(F)F. The van der Waals surface area contributed by atoms with Gasteiger partial charge in [0.15, 0.2) is 0 Å². The minimum atomic E-state index is -2.93. The van der Waals surface area contributed by atoms with E-state index >= 15 is 0 Å². The molecule has 1 atom stereocenters. The Hall–Kier alpha value is -1.05. The monoisotopic (exact) mass is 337 g/mol. The fourth-order valence-electron chi connectivity index (χ4n) is 2.16. The molecule has 1 aliphatic rings. The third kappa shape index (κ3) is 4.46. The normalized spacial score (nSPS) is 19.7. The van der Waals surface area contributed by atoms with E-state index in [-0.39, 0.29) is 12.3 Å². The van der Waals surface area contributed by atoms with Crippen LogP contribution in [0.5, 0.6) is 5.75 Å². The molecule has 2 rings (SSSR count). The van der Waals surface area contributed by atoms with E-state index in [1.807, 2.05) is 0 Å². The van der Waals surface area contributed by atoms with Crippen molar-refractivity contribution in [3.05, 3.63) is 28.8 Å². The first-order chi connectivity index (χ1) is 9.97. The van der Waals surface area contributed by atoms with Crippen LogP contribution in [0.3, 0.4) is 0 Å². The highest BCUT2D eigenvalue weighted by Crippen LogP contribution is 2.28. The smallest absolute Gasteiger partial charge is 0.387 e. The molecule has 0 amide bonds. The van der Waals surface area contributed by atoms with Crippen molar-refractivity contribution in [1.29, 1.82) is 0 Å². The van der Waals surface area contributed by atoms with Crippen molar-refractivity contribution in [2.45, 2.75) is 19.2 Å². The number of alkyl halides is 2. The summed E-state index contributed by atoms with van der Waals surface area (Å²) < 4.78 is 29.3. The Morgan fingerprint density at radius 1 is 1.57 bits per heavy atom. The van der Waals surface area contributed by atoms with Gasteiger partial charge in [-0.2, -0.15) is 20.5 Å². The summed E-state index contributed by atoms with van der Waals surface area (Å²) in [5, 5.41) is 9.62. The zero-order valence-corrected chi connectivity index (χ0v) is 12.5. The number of halogens is 3. The quantitative estimate of drug-likeness (QED) is 0.895. The van der Waals surface area contributed by atoms with Crippen LogP contribution in [0, 0.1) is 0 Å². The number of hydrogen-bond acceptors (Lipinski definition) is 4. The van der Waals surface area contributed by atoms with Crippen LogP contribution in [0.4, 0.5) is 8.78 Å². The van der Waals surface area contributed by atoms with E-state index in [4.69, 9.17) is 11.6 Å². The fraction of sp³-hybridized carbons (Fsp3) is 0.462. The Labute approximate surface area is 130 Å². The summed E-state index contributed by atoms with van der Waals surface area (Å²) in [6, 6.07) is 3.73. The highest BCUT2D eigenvalue weighted by Gasteiger charge is 2.29. The Morgan fingerprint density at radius 3 is 3.00 bits per heavy atom. The minimum Gasteiger partial charge on any atom is -0.480 e. The van der Waals surface area contributed by atoms with Crippen LogP contribution < -0.4 is 4.74 Å². The summed E-state index contributed by atoms with van der Waals surface area (Å²) in [5.41, 5.74) is 0.459. The molecule has 4 nitrogen and oxygen atoms in total. The van der Waals surface area contributed by atoms with Crippen LogP contribution in [-0.4, -0.2) is 46.7 Å². The van der Waals surface area contributed by atoms with E-state index in [1.165, 1.54) is 18.2 Å². The number of aliphatic carboxylic acids is 1. The van der Waals surface area contributed by atoms with Gasteiger partial charge >= 0.3 is 12.6 Å². The standard InChI is InChI=1S/C13H14ClF2NO3S/c14-9-1-2-11(20-13(15)16)8(5-9)6-17-3-4-21-7-10(17)12(18)19/h1-2,5,10,13H,3-4,6-7H2,(H,18,19). The van der Waals surface area contributed by atoms with E-state index in [0.717, 1.165) is 5.75 Å². The number of hydrogen-bond donors (Lipinski definition) is 1. The molecule has 1 aromatic carbocycles. The molecular weight excluding hydrogens is 324 g/mol. The molecule has 21 heavy (non-hydrogen) atoms. The van der Waals surface area contributed by atoms with Gasteiger partial charge in [-0.05, 0) is 18.2 Å². The Balaban J connectivity index is 2.20. The van der Waals surface area contributed by atoms with E-state index in [1.54, 1.807) is 16.7 Å². The Bertz CT molecular complexity index is 518. The maximum Gasteiger partial charge on any atom is 0.387 e. The van der Waals surface area contributed by atoms with Crippen molar-refractivity contribution in [3.8, 4) is 5.75 Å². The van der Waals surface area contributed by atoms with Crippen LogP contribution >= 0.6 is 23.4 Å². The molecule has 1 aliphatic heterocycles. The van der Waals surface area contributed by atoms with Gasteiger partial charge < -0.3 is 9.84 Å². The second-order valence-electron chi connectivity index (χ2n) is 4.53. The van der Waals surface area contributed by atoms with Crippen molar-refractivity contribution in [2.24, 2.45) is 0 Å². The fourth-order valence-corrected chi connectivity index (χ4v) is 3.46. The van der Waals surface area contributed by atoms with Crippen molar-refractivity contribution >= 4 is 29.3 Å². The number of thioether (sulfide) groups is 1. The second-order valence-corrected chi connectivity index (χ2v) is 6.12. The first kappa shape index (κ1) is 16.3. The molecule has 0 aliphatic carbocycles. The van der Waals surface area contributed by atoms with Gasteiger partial charge in [0.1, 0.15) is 11.8 Å². The van der Waals surface area contributed by atoms with Gasteiger partial charge in [-0.3, -0.25) is 9.69 Å². The molecule has 1 fully saturated rings. The van der Waals surface area contributed by atoms with Crippen molar-refractivity contribution < 1.29 is 23.4 Å². The number of carboxylic acid groups (broad SMARTS) is 1. The molecule has 1 heterocycles. The number of nitrogens with zero attached hydrogens (tertiary/aromatic N) is 1. The van der Waals surface area contributed by atoms with E-state index < -0.39 is 18.6 Å². The van der Waals surface area contributed by atoms with Crippen LogP contribution in [0.2, 0.25) is 5.02 Å². The average Bonchev–Trinajstić information content (AvgIpc) is 2.42. The molecule has 0 spiro atoms. The summed E-state index contributed by atoms with van der Waals surface area (Å²) in [6.45, 7) is -2.15. The van der Waals surface area contributed by atoms with Crippen LogP contribution in [0.1, 0.15) is 5.56 Å². The largest absolute Gasteiger partial charge is 0.480 e. The average molecular weight is 338 g/mol. The van der Waals surface area contributed by atoms with E-state index in [2.05, 4.69) is 4.74 Å². The van der Waals surface area contributed by atoms with Crippen molar-refractivity contribution in [1.82, 2.24) is 4.90 Å². The molecule has 8 heteroatoms. The molecule has 0 radical (unpaired) electrons. The van der Waals surface area contributed by atoms with Crippen molar-refractivity contribution in [2.75, 3.05) is 18.1 Å². The Morgan fingerprint density at radius 2 is 2.33 bits per heavy atom. The molecule has 116 valence electrons. The third-order valence-electron chi connectivity index (χ3n) is 3.14. The summed E-state index contributed by atoms with van der Waals surface area (Å²) >= 11 is 7.45. The first-order valence-electron chi connectivity index (χ1n) is 6.25. The number of carbonyl (C=O) groups is 1. The lowest BCUT2D eigenvalue weighted by Crippen LogP contribution is -2.46. The first-order valence-corrected chi connectivity index (χ1v) is 7.78. The minimum absolute atomic E-state index is 0.0248. The van der Waals surface area contributed by atoms with Gasteiger partial charge in [-0.1, -0.05) is 11.6 Å². The second kappa shape index (κ2) is 7.29. The van der Waals surface area contributed by atoms with Gasteiger partial charge in [-0.25, -0.2) is 0 Å². The third-order valence-corrected chi connectivity index (χ3v) is 4.39. The number of benzene rings is 1. The lowest BCUT2D eigenvalue weighted by Gasteiger charge is -2.32. The molecule has 1 saturated heterocycles. The topological polar surface area (TPSA) is 49.8 Å². The molecule has 0 aromatic heterocycles. The maximum atomic E-state index is 12.4. The molecule has 1 N–H and O–H groups in total. The Kier molecular flexibility index (Phi) is 5.66. The van der Waals surface area contributed by atoms with E-state index in [0.29, 0.717) is 22.9 Å².